The standard InChI is InChI=1S/C4H11N3O2S2/c1-5-4(10-3)7-11(8,9)6-2/h6H,1-3H3,(H,5,7). The molecule has 0 aromatic heterocycles. The van der Waals surface area contributed by atoms with Gasteiger partial charge in [0.1, 0.15) is 0 Å². The van der Waals surface area contributed by atoms with Gasteiger partial charge in [0.05, 0.1) is 0 Å². The van der Waals surface area contributed by atoms with Gasteiger partial charge in [-0.15, -0.1) is 0 Å². The van der Waals surface area contributed by atoms with Crippen molar-refractivity contribution >= 4 is 27.1 Å². The van der Waals surface area contributed by atoms with E-state index in [-0.39, 0.29) is 0 Å². The van der Waals surface area contributed by atoms with Crippen LogP contribution in [0.15, 0.2) is 4.99 Å². The Morgan fingerprint density at radius 3 is 2.36 bits per heavy atom. The Morgan fingerprint density at radius 2 is 2.09 bits per heavy atom. The van der Waals surface area contributed by atoms with E-state index in [2.05, 4.69) is 14.4 Å². The van der Waals surface area contributed by atoms with E-state index in [4.69, 9.17) is 0 Å². The number of rotatable bonds is 2. The minimum Gasteiger partial charge on any atom is -0.265 e. The molecule has 0 aliphatic heterocycles. The van der Waals surface area contributed by atoms with Crippen LogP contribution >= 0.6 is 11.8 Å². The number of hydrogen-bond acceptors (Lipinski definition) is 4. The molecule has 0 spiro atoms. The predicted molar refractivity (Wildman–Crippen MR) is 48.0 cm³/mol. The lowest BCUT2D eigenvalue weighted by atomic mass is 11.2. The molecule has 0 saturated heterocycles. The quantitative estimate of drug-likeness (QED) is 0.458. The summed E-state index contributed by atoms with van der Waals surface area (Å²) in [5, 5.41) is 0.361. The molecule has 0 atom stereocenters. The zero-order valence-corrected chi connectivity index (χ0v) is 8.21. The van der Waals surface area contributed by atoms with E-state index in [9.17, 15) is 8.42 Å². The summed E-state index contributed by atoms with van der Waals surface area (Å²) in [6.45, 7) is 0. The molecule has 0 saturated carbocycles. The Morgan fingerprint density at radius 1 is 1.55 bits per heavy atom. The van der Waals surface area contributed by atoms with Gasteiger partial charge in [-0.2, -0.15) is 8.42 Å². The molecule has 0 radical (unpaired) electrons. The highest BCUT2D eigenvalue weighted by molar-refractivity contribution is 8.14. The van der Waals surface area contributed by atoms with Crippen LogP contribution in [0, 0.1) is 0 Å². The maximum Gasteiger partial charge on any atom is 0.300 e. The Labute approximate surface area is 70.8 Å². The Kier molecular flexibility index (Phi) is 4.46. The van der Waals surface area contributed by atoms with Crippen LogP contribution in [-0.2, 0) is 10.2 Å². The lowest BCUT2D eigenvalue weighted by Crippen LogP contribution is -2.36. The lowest BCUT2D eigenvalue weighted by molar-refractivity contribution is 0.585. The zero-order valence-electron chi connectivity index (χ0n) is 6.58. The van der Waals surface area contributed by atoms with Gasteiger partial charge in [0.15, 0.2) is 5.17 Å². The summed E-state index contributed by atoms with van der Waals surface area (Å²) < 4.78 is 25.9. The number of hydrogen-bond donors (Lipinski definition) is 2. The molecule has 0 aromatic rings. The zero-order chi connectivity index (χ0) is 8.91. The van der Waals surface area contributed by atoms with Crippen molar-refractivity contribution in [3.8, 4) is 0 Å². The molecule has 0 aromatic carbocycles. The first kappa shape index (κ1) is 10.7. The number of thioether (sulfide) groups is 1. The minimum atomic E-state index is -3.39. The predicted octanol–water partition coefficient (Wildman–Crippen LogP) is -0.611. The van der Waals surface area contributed by atoms with Crippen molar-refractivity contribution in [2.24, 2.45) is 4.99 Å². The van der Waals surface area contributed by atoms with E-state index < -0.39 is 10.2 Å². The summed E-state index contributed by atoms with van der Waals surface area (Å²) >= 11 is 1.23. The molecule has 11 heavy (non-hydrogen) atoms. The third-order valence-corrected chi connectivity index (χ3v) is 2.69. The molecular weight excluding hydrogens is 186 g/mol. The van der Waals surface area contributed by atoms with Gasteiger partial charge in [-0.05, 0) is 6.26 Å². The summed E-state index contributed by atoms with van der Waals surface area (Å²) in [7, 11) is -0.547. The van der Waals surface area contributed by atoms with Gasteiger partial charge in [0, 0.05) is 14.1 Å². The minimum absolute atomic E-state index is 0.361. The van der Waals surface area contributed by atoms with Crippen LogP contribution in [0.25, 0.3) is 0 Å². The van der Waals surface area contributed by atoms with Gasteiger partial charge in [-0.3, -0.25) is 4.99 Å². The third-order valence-electron chi connectivity index (χ3n) is 0.887. The van der Waals surface area contributed by atoms with Gasteiger partial charge in [0.2, 0.25) is 0 Å². The Hall–Kier alpha value is -0.270. The van der Waals surface area contributed by atoms with E-state index in [0.29, 0.717) is 5.17 Å². The van der Waals surface area contributed by atoms with Crippen molar-refractivity contribution in [1.29, 1.82) is 0 Å². The summed E-state index contributed by atoms with van der Waals surface area (Å²) in [5.74, 6) is 0. The fourth-order valence-corrected chi connectivity index (χ4v) is 1.61. The highest BCUT2D eigenvalue weighted by atomic mass is 32.2. The van der Waals surface area contributed by atoms with E-state index in [1.165, 1.54) is 25.9 Å². The summed E-state index contributed by atoms with van der Waals surface area (Å²) in [6, 6.07) is 0. The number of nitrogens with one attached hydrogen (secondary N) is 2. The fraction of sp³-hybridized carbons (Fsp3) is 0.750. The van der Waals surface area contributed by atoms with Crippen LogP contribution < -0.4 is 9.44 Å². The summed E-state index contributed by atoms with van der Waals surface area (Å²) in [4.78, 5) is 3.69. The van der Waals surface area contributed by atoms with Gasteiger partial charge in [-0.25, -0.2) is 9.44 Å². The first-order valence-corrected chi connectivity index (χ1v) is 5.48. The molecule has 0 unspecified atom stereocenters. The molecule has 66 valence electrons. The maximum absolute atomic E-state index is 10.8. The van der Waals surface area contributed by atoms with Crippen molar-refractivity contribution in [3.63, 3.8) is 0 Å². The first-order chi connectivity index (χ1) is 5.05. The molecule has 7 heteroatoms. The lowest BCUT2D eigenvalue weighted by Gasteiger charge is -2.05. The smallest absolute Gasteiger partial charge is 0.265 e. The van der Waals surface area contributed by atoms with Crippen LogP contribution in [-0.4, -0.2) is 33.9 Å². The fourth-order valence-electron chi connectivity index (χ4n) is 0.345. The average Bonchev–Trinajstić information content (AvgIpc) is 2.00. The van der Waals surface area contributed by atoms with Crippen LogP contribution in [0.3, 0.4) is 0 Å². The van der Waals surface area contributed by atoms with Crippen molar-refractivity contribution in [3.05, 3.63) is 0 Å². The molecular formula is C4H11N3O2S2. The van der Waals surface area contributed by atoms with E-state index in [1.54, 1.807) is 6.26 Å². The monoisotopic (exact) mass is 197 g/mol. The van der Waals surface area contributed by atoms with Crippen LogP contribution in [0.5, 0.6) is 0 Å². The first-order valence-electron chi connectivity index (χ1n) is 2.77. The van der Waals surface area contributed by atoms with Crippen molar-refractivity contribution < 1.29 is 8.42 Å². The largest absolute Gasteiger partial charge is 0.300 e. The summed E-state index contributed by atoms with van der Waals surface area (Å²) in [5.41, 5.74) is 0. The highest BCUT2D eigenvalue weighted by Gasteiger charge is 2.07. The van der Waals surface area contributed by atoms with Crippen molar-refractivity contribution in [2.45, 2.75) is 0 Å². The Bertz CT molecular complexity index is 234. The highest BCUT2D eigenvalue weighted by Crippen LogP contribution is 1.94. The number of nitrogens with zero attached hydrogens (tertiary/aromatic N) is 1. The third kappa shape index (κ3) is 4.23. The van der Waals surface area contributed by atoms with Gasteiger partial charge >= 0.3 is 0 Å². The summed E-state index contributed by atoms with van der Waals surface area (Å²) in [6.07, 6.45) is 1.74. The molecule has 0 fully saturated rings. The van der Waals surface area contributed by atoms with Crippen LogP contribution in [0.2, 0.25) is 0 Å². The second-order valence-electron chi connectivity index (χ2n) is 1.54. The van der Waals surface area contributed by atoms with E-state index >= 15 is 0 Å². The Balaban J connectivity index is 4.25. The topological polar surface area (TPSA) is 70.6 Å². The average molecular weight is 197 g/mol. The number of aliphatic imine (C=N–C) groups is 1. The van der Waals surface area contributed by atoms with E-state index in [0.717, 1.165) is 0 Å². The normalized spacial score (nSPS) is 13.2. The molecule has 5 nitrogen and oxygen atoms in total. The molecule has 0 amide bonds. The van der Waals surface area contributed by atoms with Gasteiger partial charge < -0.3 is 0 Å². The molecule has 0 heterocycles. The van der Waals surface area contributed by atoms with Crippen molar-refractivity contribution in [1.82, 2.24) is 9.44 Å². The molecule has 0 rings (SSSR count). The molecule has 0 aliphatic carbocycles. The maximum atomic E-state index is 10.8. The van der Waals surface area contributed by atoms with E-state index in [1.807, 2.05) is 0 Å². The second-order valence-corrected chi connectivity index (χ2v) is 3.96. The molecule has 2 N–H and O–H groups in total. The molecule has 0 aliphatic rings. The van der Waals surface area contributed by atoms with Gasteiger partial charge in [-0.1, -0.05) is 11.8 Å². The second kappa shape index (κ2) is 4.58. The molecule has 0 bridgehead atoms. The van der Waals surface area contributed by atoms with Crippen molar-refractivity contribution in [2.75, 3.05) is 20.4 Å². The number of amidine groups is 1. The van der Waals surface area contributed by atoms with Crippen LogP contribution in [0.4, 0.5) is 0 Å². The van der Waals surface area contributed by atoms with Crippen LogP contribution in [0.1, 0.15) is 0 Å². The SMILES string of the molecule is CN=C(NS(=O)(=O)NC)SC. The van der Waals surface area contributed by atoms with Gasteiger partial charge in [0.25, 0.3) is 10.2 Å².